The van der Waals surface area contributed by atoms with E-state index in [0.717, 1.165) is 24.8 Å². The van der Waals surface area contributed by atoms with Gasteiger partial charge in [-0.1, -0.05) is 6.07 Å². The van der Waals surface area contributed by atoms with Gasteiger partial charge in [-0.2, -0.15) is 0 Å². The highest BCUT2D eigenvalue weighted by atomic mass is 16.2. The zero-order valence-electron chi connectivity index (χ0n) is 10.0. The molecule has 4 nitrogen and oxygen atoms in total. The van der Waals surface area contributed by atoms with E-state index in [1.165, 1.54) is 0 Å². The molecule has 92 valence electrons. The standard InChI is InChI=1S/C13H19N3O/c14-7-1-4-13(17)16(12-5-6-12)10-11-3-2-8-15-9-11/h2-3,8-9,12H,1,4-7,10,14H2. The third-order valence-corrected chi connectivity index (χ3v) is 2.98. The van der Waals surface area contributed by atoms with Gasteiger partial charge < -0.3 is 10.6 Å². The second kappa shape index (κ2) is 5.77. The maximum Gasteiger partial charge on any atom is 0.223 e. The van der Waals surface area contributed by atoms with Crippen LogP contribution in [0.25, 0.3) is 0 Å². The molecule has 0 bridgehead atoms. The van der Waals surface area contributed by atoms with Crippen molar-refractivity contribution in [1.82, 2.24) is 9.88 Å². The van der Waals surface area contributed by atoms with Gasteiger partial charge in [-0.25, -0.2) is 0 Å². The molecule has 0 unspecified atom stereocenters. The zero-order chi connectivity index (χ0) is 12.1. The molecule has 0 atom stereocenters. The van der Waals surface area contributed by atoms with Crippen molar-refractivity contribution in [2.24, 2.45) is 5.73 Å². The Hall–Kier alpha value is -1.42. The SMILES string of the molecule is NCCCC(=O)N(Cc1cccnc1)C1CC1. The molecule has 1 heterocycles. The van der Waals surface area contributed by atoms with Gasteiger partial charge in [-0.3, -0.25) is 9.78 Å². The second-order valence-corrected chi connectivity index (χ2v) is 4.51. The second-order valence-electron chi connectivity index (χ2n) is 4.51. The number of amides is 1. The van der Waals surface area contributed by atoms with Gasteiger partial charge in [-0.05, 0) is 37.4 Å². The minimum atomic E-state index is 0.224. The number of pyridine rings is 1. The quantitative estimate of drug-likeness (QED) is 0.806. The minimum Gasteiger partial charge on any atom is -0.335 e. The molecule has 2 N–H and O–H groups in total. The van der Waals surface area contributed by atoms with Gasteiger partial charge in [0.1, 0.15) is 0 Å². The molecular weight excluding hydrogens is 214 g/mol. The number of hydrogen-bond donors (Lipinski definition) is 1. The normalized spacial score (nSPS) is 14.6. The maximum absolute atomic E-state index is 12.0. The van der Waals surface area contributed by atoms with Gasteiger partial charge in [0.25, 0.3) is 0 Å². The highest BCUT2D eigenvalue weighted by Crippen LogP contribution is 2.28. The van der Waals surface area contributed by atoms with Crippen molar-refractivity contribution in [3.05, 3.63) is 30.1 Å². The molecule has 1 fully saturated rings. The fraction of sp³-hybridized carbons (Fsp3) is 0.538. The van der Waals surface area contributed by atoms with Crippen LogP contribution in [0.5, 0.6) is 0 Å². The summed E-state index contributed by atoms with van der Waals surface area (Å²) in [5, 5.41) is 0. The minimum absolute atomic E-state index is 0.224. The first kappa shape index (κ1) is 12.0. The monoisotopic (exact) mass is 233 g/mol. The van der Waals surface area contributed by atoms with Crippen molar-refractivity contribution in [1.29, 1.82) is 0 Å². The van der Waals surface area contributed by atoms with Gasteiger partial charge in [0, 0.05) is 31.4 Å². The number of aromatic nitrogens is 1. The van der Waals surface area contributed by atoms with E-state index in [0.29, 0.717) is 25.6 Å². The summed E-state index contributed by atoms with van der Waals surface area (Å²) < 4.78 is 0. The average molecular weight is 233 g/mol. The molecule has 17 heavy (non-hydrogen) atoms. The predicted octanol–water partition coefficient (Wildman–Crippen LogP) is 1.31. The number of nitrogens with two attached hydrogens (primary N) is 1. The Bertz CT molecular complexity index is 362. The first-order valence-corrected chi connectivity index (χ1v) is 6.19. The van der Waals surface area contributed by atoms with Crippen LogP contribution < -0.4 is 5.73 Å². The smallest absolute Gasteiger partial charge is 0.223 e. The first-order valence-electron chi connectivity index (χ1n) is 6.19. The van der Waals surface area contributed by atoms with Crippen LogP contribution in [0.2, 0.25) is 0 Å². The summed E-state index contributed by atoms with van der Waals surface area (Å²) in [5.41, 5.74) is 6.54. The van der Waals surface area contributed by atoms with Gasteiger partial charge >= 0.3 is 0 Å². The van der Waals surface area contributed by atoms with Crippen molar-refractivity contribution in [3.8, 4) is 0 Å². The molecule has 0 aromatic carbocycles. The molecule has 2 rings (SSSR count). The molecule has 0 spiro atoms. The molecule has 1 amide bonds. The number of carbonyl (C=O) groups excluding carboxylic acids is 1. The summed E-state index contributed by atoms with van der Waals surface area (Å²) in [5.74, 6) is 0.224. The summed E-state index contributed by atoms with van der Waals surface area (Å²) in [4.78, 5) is 18.1. The number of rotatable bonds is 6. The third kappa shape index (κ3) is 3.53. The highest BCUT2D eigenvalue weighted by molar-refractivity contribution is 5.76. The van der Waals surface area contributed by atoms with Crippen LogP contribution in [-0.4, -0.2) is 28.4 Å². The Labute approximate surface area is 102 Å². The summed E-state index contributed by atoms with van der Waals surface area (Å²) in [6.45, 7) is 1.26. The van der Waals surface area contributed by atoms with E-state index in [-0.39, 0.29) is 5.91 Å². The van der Waals surface area contributed by atoms with Crippen LogP contribution in [0.15, 0.2) is 24.5 Å². The lowest BCUT2D eigenvalue weighted by Gasteiger charge is -2.22. The Morgan fingerprint density at radius 3 is 2.94 bits per heavy atom. The molecule has 0 saturated heterocycles. The van der Waals surface area contributed by atoms with Gasteiger partial charge in [-0.15, -0.1) is 0 Å². The first-order chi connectivity index (χ1) is 8.31. The van der Waals surface area contributed by atoms with Crippen LogP contribution in [-0.2, 0) is 11.3 Å². The number of hydrogen-bond acceptors (Lipinski definition) is 3. The average Bonchev–Trinajstić information content (AvgIpc) is 3.18. The number of nitrogens with zero attached hydrogens (tertiary/aromatic N) is 2. The predicted molar refractivity (Wildman–Crippen MR) is 66.1 cm³/mol. The van der Waals surface area contributed by atoms with Crippen molar-refractivity contribution >= 4 is 5.91 Å². The molecule has 0 radical (unpaired) electrons. The topological polar surface area (TPSA) is 59.2 Å². The van der Waals surface area contributed by atoms with Crippen LogP contribution in [0.3, 0.4) is 0 Å². The Morgan fingerprint density at radius 1 is 1.53 bits per heavy atom. The molecule has 1 aliphatic carbocycles. The molecule has 1 saturated carbocycles. The molecule has 0 aliphatic heterocycles. The van der Waals surface area contributed by atoms with Crippen LogP contribution in [0.1, 0.15) is 31.2 Å². The molecule has 4 heteroatoms. The van der Waals surface area contributed by atoms with E-state index < -0.39 is 0 Å². The largest absolute Gasteiger partial charge is 0.335 e. The fourth-order valence-electron chi connectivity index (χ4n) is 1.89. The van der Waals surface area contributed by atoms with E-state index >= 15 is 0 Å². The van der Waals surface area contributed by atoms with Gasteiger partial charge in [0.2, 0.25) is 5.91 Å². The maximum atomic E-state index is 12.0. The number of carbonyl (C=O) groups is 1. The van der Waals surface area contributed by atoms with Gasteiger partial charge in [0.15, 0.2) is 0 Å². The summed E-state index contributed by atoms with van der Waals surface area (Å²) >= 11 is 0. The summed E-state index contributed by atoms with van der Waals surface area (Å²) in [7, 11) is 0. The highest BCUT2D eigenvalue weighted by Gasteiger charge is 2.31. The van der Waals surface area contributed by atoms with Crippen molar-refractivity contribution in [2.45, 2.75) is 38.3 Å². The molecule has 1 aromatic heterocycles. The van der Waals surface area contributed by atoms with Crippen LogP contribution in [0.4, 0.5) is 0 Å². The van der Waals surface area contributed by atoms with E-state index in [1.807, 2.05) is 23.2 Å². The molecule has 1 aromatic rings. The molecular formula is C13H19N3O. The van der Waals surface area contributed by atoms with E-state index in [9.17, 15) is 4.79 Å². The van der Waals surface area contributed by atoms with Crippen LogP contribution in [0, 0.1) is 0 Å². The third-order valence-electron chi connectivity index (χ3n) is 2.98. The van der Waals surface area contributed by atoms with E-state index in [1.54, 1.807) is 6.20 Å². The fourth-order valence-corrected chi connectivity index (χ4v) is 1.89. The van der Waals surface area contributed by atoms with E-state index in [2.05, 4.69) is 4.98 Å². The Balaban J connectivity index is 1.95. The zero-order valence-corrected chi connectivity index (χ0v) is 10.0. The van der Waals surface area contributed by atoms with Crippen molar-refractivity contribution in [3.63, 3.8) is 0 Å². The molecule has 1 aliphatic rings. The Kier molecular flexibility index (Phi) is 4.09. The lowest BCUT2D eigenvalue weighted by molar-refractivity contribution is -0.132. The lowest BCUT2D eigenvalue weighted by atomic mass is 10.2. The summed E-state index contributed by atoms with van der Waals surface area (Å²) in [6.07, 6.45) is 7.18. The van der Waals surface area contributed by atoms with Crippen molar-refractivity contribution in [2.75, 3.05) is 6.54 Å². The summed E-state index contributed by atoms with van der Waals surface area (Å²) in [6, 6.07) is 4.36. The van der Waals surface area contributed by atoms with Crippen LogP contribution >= 0.6 is 0 Å². The van der Waals surface area contributed by atoms with Gasteiger partial charge in [0.05, 0.1) is 0 Å². The lowest BCUT2D eigenvalue weighted by Crippen LogP contribution is -2.32. The van der Waals surface area contributed by atoms with E-state index in [4.69, 9.17) is 5.73 Å². The Morgan fingerprint density at radius 2 is 2.35 bits per heavy atom. The van der Waals surface area contributed by atoms with Crippen molar-refractivity contribution < 1.29 is 4.79 Å².